The van der Waals surface area contributed by atoms with Gasteiger partial charge in [-0.2, -0.15) is 0 Å². The van der Waals surface area contributed by atoms with Crippen molar-refractivity contribution in [3.8, 4) is 11.4 Å². The summed E-state index contributed by atoms with van der Waals surface area (Å²) in [7, 11) is 0. The van der Waals surface area contributed by atoms with Gasteiger partial charge in [0.05, 0.1) is 16.8 Å². The molecule has 0 saturated carbocycles. The van der Waals surface area contributed by atoms with E-state index in [-0.39, 0.29) is 17.9 Å². The van der Waals surface area contributed by atoms with Gasteiger partial charge in [0.2, 0.25) is 0 Å². The molecule has 1 aliphatic rings. The SMILES string of the molecule is O=C(Cn1c(-c2ccccc2)nc2sc3c(c2c1=O)CCCC3)c1cccs1. The van der Waals surface area contributed by atoms with Gasteiger partial charge in [0.1, 0.15) is 10.7 Å². The number of carbonyl (C=O) groups excluding carboxylic acids is 1. The van der Waals surface area contributed by atoms with Crippen molar-refractivity contribution in [1.29, 1.82) is 0 Å². The number of ketones is 1. The van der Waals surface area contributed by atoms with E-state index >= 15 is 0 Å². The third kappa shape index (κ3) is 2.93. The van der Waals surface area contributed by atoms with Crippen LogP contribution in [0.5, 0.6) is 0 Å². The van der Waals surface area contributed by atoms with Crippen LogP contribution < -0.4 is 5.56 Å². The van der Waals surface area contributed by atoms with Gasteiger partial charge >= 0.3 is 0 Å². The molecule has 3 heterocycles. The number of nitrogens with zero attached hydrogens (tertiary/aromatic N) is 2. The Morgan fingerprint density at radius 1 is 1.07 bits per heavy atom. The van der Waals surface area contributed by atoms with Crippen LogP contribution in [0.2, 0.25) is 0 Å². The third-order valence-electron chi connectivity index (χ3n) is 5.20. The lowest BCUT2D eigenvalue weighted by molar-refractivity contribution is 0.0975. The fourth-order valence-corrected chi connectivity index (χ4v) is 5.76. The number of fused-ring (bicyclic) bond motifs is 3. The van der Waals surface area contributed by atoms with Gasteiger partial charge < -0.3 is 0 Å². The van der Waals surface area contributed by atoms with Gasteiger partial charge in [-0.15, -0.1) is 22.7 Å². The number of aryl methyl sites for hydroxylation is 2. The van der Waals surface area contributed by atoms with E-state index in [1.165, 1.54) is 16.2 Å². The molecular formula is C22H18N2O2S2. The Morgan fingerprint density at radius 3 is 2.68 bits per heavy atom. The van der Waals surface area contributed by atoms with Gasteiger partial charge in [0.15, 0.2) is 5.78 Å². The van der Waals surface area contributed by atoms with Crippen LogP contribution in [0.3, 0.4) is 0 Å². The lowest BCUT2D eigenvalue weighted by Crippen LogP contribution is -2.27. The van der Waals surface area contributed by atoms with Gasteiger partial charge in [0.25, 0.3) is 5.56 Å². The van der Waals surface area contributed by atoms with E-state index in [2.05, 4.69) is 0 Å². The Balaban J connectivity index is 1.74. The molecule has 1 aliphatic carbocycles. The summed E-state index contributed by atoms with van der Waals surface area (Å²) in [5, 5.41) is 2.60. The van der Waals surface area contributed by atoms with Crippen molar-refractivity contribution in [3.05, 3.63) is 73.5 Å². The van der Waals surface area contributed by atoms with Crippen LogP contribution in [0, 0.1) is 0 Å². The second-order valence-corrected chi connectivity index (χ2v) is 9.02. The first-order chi connectivity index (χ1) is 13.7. The number of thiophene rings is 2. The van der Waals surface area contributed by atoms with Gasteiger partial charge in [-0.3, -0.25) is 14.2 Å². The summed E-state index contributed by atoms with van der Waals surface area (Å²) in [4.78, 5) is 34.0. The van der Waals surface area contributed by atoms with Crippen LogP contribution in [-0.2, 0) is 19.4 Å². The third-order valence-corrected chi connectivity index (χ3v) is 7.30. The molecule has 0 unspecified atom stereocenters. The topological polar surface area (TPSA) is 52.0 Å². The molecule has 5 rings (SSSR count). The van der Waals surface area contributed by atoms with Gasteiger partial charge in [0, 0.05) is 10.4 Å². The van der Waals surface area contributed by atoms with E-state index in [9.17, 15) is 9.59 Å². The quantitative estimate of drug-likeness (QED) is 0.451. The highest BCUT2D eigenvalue weighted by Crippen LogP contribution is 2.34. The average molecular weight is 407 g/mol. The number of carbonyl (C=O) groups is 1. The maximum absolute atomic E-state index is 13.5. The number of hydrogen-bond donors (Lipinski definition) is 0. The number of rotatable bonds is 4. The molecule has 0 spiro atoms. The lowest BCUT2D eigenvalue weighted by atomic mass is 9.97. The summed E-state index contributed by atoms with van der Waals surface area (Å²) in [5.74, 6) is 0.515. The monoisotopic (exact) mass is 406 g/mol. The summed E-state index contributed by atoms with van der Waals surface area (Å²) in [6, 6.07) is 13.3. The van der Waals surface area contributed by atoms with Crippen LogP contribution in [-0.4, -0.2) is 15.3 Å². The zero-order chi connectivity index (χ0) is 19.1. The smallest absolute Gasteiger partial charge is 0.263 e. The minimum Gasteiger partial charge on any atom is -0.291 e. The van der Waals surface area contributed by atoms with Crippen molar-refractivity contribution >= 4 is 38.7 Å². The first-order valence-corrected chi connectivity index (χ1v) is 11.1. The van der Waals surface area contributed by atoms with Crippen molar-refractivity contribution in [3.63, 3.8) is 0 Å². The van der Waals surface area contributed by atoms with Crippen molar-refractivity contribution in [2.75, 3.05) is 0 Å². The molecule has 0 aliphatic heterocycles. The highest BCUT2D eigenvalue weighted by Gasteiger charge is 2.23. The Labute approximate surface area is 170 Å². The summed E-state index contributed by atoms with van der Waals surface area (Å²) in [6.07, 6.45) is 4.21. The first-order valence-electron chi connectivity index (χ1n) is 9.39. The van der Waals surface area contributed by atoms with Gasteiger partial charge in [-0.1, -0.05) is 36.4 Å². The Hall–Kier alpha value is -2.57. The molecule has 0 radical (unpaired) electrons. The number of hydrogen-bond acceptors (Lipinski definition) is 5. The maximum Gasteiger partial charge on any atom is 0.263 e. The summed E-state index contributed by atoms with van der Waals surface area (Å²) in [5.41, 5.74) is 1.92. The van der Waals surface area contributed by atoms with Crippen molar-refractivity contribution in [2.24, 2.45) is 0 Å². The van der Waals surface area contributed by atoms with E-state index < -0.39 is 0 Å². The Bertz CT molecular complexity index is 1220. The Kier molecular flexibility index (Phi) is 4.45. The molecule has 28 heavy (non-hydrogen) atoms. The first kappa shape index (κ1) is 17.5. The minimum atomic E-state index is -0.0897. The van der Waals surface area contributed by atoms with Crippen LogP contribution in [0.1, 0.15) is 33.0 Å². The molecule has 3 aromatic heterocycles. The van der Waals surface area contributed by atoms with Gasteiger partial charge in [-0.05, 0) is 42.7 Å². The molecule has 0 N–H and O–H groups in total. The fourth-order valence-electron chi connectivity index (χ4n) is 3.85. The Morgan fingerprint density at radius 2 is 1.89 bits per heavy atom. The van der Waals surface area contributed by atoms with E-state index in [1.807, 2.05) is 41.8 Å². The van der Waals surface area contributed by atoms with E-state index in [0.717, 1.165) is 47.0 Å². The molecular weight excluding hydrogens is 388 g/mol. The molecule has 140 valence electrons. The second-order valence-electron chi connectivity index (χ2n) is 6.98. The molecule has 4 aromatic rings. The van der Waals surface area contributed by atoms with Crippen molar-refractivity contribution < 1.29 is 4.79 Å². The average Bonchev–Trinajstić information content (AvgIpc) is 3.38. The maximum atomic E-state index is 13.5. The summed E-state index contributed by atoms with van der Waals surface area (Å²) in [6.45, 7) is 0.0110. The zero-order valence-corrected chi connectivity index (χ0v) is 16.8. The molecule has 1 aromatic carbocycles. The van der Waals surface area contributed by atoms with Crippen LogP contribution in [0.25, 0.3) is 21.6 Å². The van der Waals surface area contributed by atoms with E-state index in [0.29, 0.717) is 10.7 Å². The largest absolute Gasteiger partial charge is 0.291 e. The molecule has 4 nitrogen and oxygen atoms in total. The zero-order valence-electron chi connectivity index (χ0n) is 15.2. The van der Waals surface area contributed by atoms with Crippen molar-refractivity contribution in [1.82, 2.24) is 9.55 Å². The second kappa shape index (κ2) is 7.11. The standard InChI is InChI=1S/C22H18N2O2S2/c25-16(18-11-6-12-27-18)13-24-20(14-7-2-1-3-8-14)23-21-19(22(24)26)15-9-4-5-10-17(15)28-21/h1-3,6-8,11-12H,4-5,9-10,13H2. The van der Waals surface area contributed by atoms with Crippen LogP contribution >= 0.6 is 22.7 Å². The fraction of sp³-hybridized carbons (Fsp3) is 0.227. The molecule has 0 amide bonds. The lowest BCUT2D eigenvalue weighted by Gasteiger charge is -2.13. The predicted octanol–water partition coefficient (Wildman–Crippen LogP) is 4.95. The minimum absolute atomic E-state index is 0.0110. The van der Waals surface area contributed by atoms with E-state index in [1.54, 1.807) is 22.0 Å². The van der Waals surface area contributed by atoms with E-state index in [4.69, 9.17) is 4.98 Å². The number of benzene rings is 1. The van der Waals surface area contributed by atoms with Crippen molar-refractivity contribution in [2.45, 2.75) is 32.2 Å². The van der Waals surface area contributed by atoms with Crippen LogP contribution in [0.4, 0.5) is 0 Å². The van der Waals surface area contributed by atoms with Crippen LogP contribution in [0.15, 0.2) is 52.6 Å². The highest BCUT2D eigenvalue weighted by atomic mass is 32.1. The molecule has 0 bridgehead atoms. The molecule has 0 saturated heterocycles. The molecule has 6 heteroatoms. The van der Waals surface area contributed by atoms with Gasteiger partial charge in [-0.25, -0.2) is 4.98 Å². The number of Topliss-reactive ketones (excluding diaryl/α,β-unsaturated/α-hetero) is 1. The highest BCUT2D eigenvalue weighted by molar-refractivity contribution is 7.18. The predicted molar refractivity (Wildman–Crippen MR) is 115 cm³/mol. The summed E-state index contributed by atoms with van der Waals surface area (Å²) >= 11 is 3.04. The summed E-state index contributed by atoms with van der Waals surface area (Å²) < 4.78 is 1.57. The molecule has 0 atom stereocenters. The normalized spacial score (nSPS) is 13.6. The molecule has 0 fully saturated rings. The number of aromatic nitrogens is 2.